The minimum absolute atomic E-state index is 0.813. The van der Waals surface area contributed by atoms with E-state index in [4.69, 9.17) is 0 Å². The molecule has 4 aromatic rings. The quantitative estimate of drug-likeness (QED) is 0.410. The van der Waals surface area contributed by atoms with Gasteiger partial charge in [0.1, 0.15) is 5.69 Å². The molecule has 5 nitrogen and oxygen atoms in total. The molecule has 3 N–H and O–H groups in total. The molecular formula is C24H23N5S. The van der Waals surface area contributed by atoms with E-state index in [0.29, 0.717) is 0 Å². The van der Waals surface area contributed by atoms with E-state index in [1.807, 2.05) is 37.4 Å². The van der Waals surface area contributed by atoms with E-state index in [9.17, 15) is 0 Å². The Bertz CT molecular complexity index is 1330. The Kier molecular flexibility index (Phi) is 5.50. The van der Waals surface area contributed by atoms with Crippen LogP contribution in [0.2, 0.25) is 0 Å². The van der Waals surface area contributed by atoms with Crippen molar-refractivity contribution in [1.82, 2.24) is 25.4 Å². The van der Waals surface area contributed by atoms with Crippen LogP contribution in [0.3, 0.4) is 0 Å². The molecule has 0 radical (unpaired) electrons. The molecule has 0 aromatic carbocycles. The molecule has 150 valence electrons. The van der Waals surface area contributed by atoms with Gasteiger partial charge in [-0.15, -0.1) is 0 Å². The molecule has 6 heteroatoms. The Balaban J connectivity index is 1.72. The summed E-state index contributed by atoms with van der Waals surface area (Å²) in [5, 5.41) is 20.4. The molecule has 4 rings (SSSR count). The van der Waals surface area contributed by atoms with Gasteiger partial charge in [0.15, 0.2) is 0 Å². The third-order valence-electron chi connectivity index (χ3n) is 5.03. The summed E-state index contributed by atoms with van der Waals surface area (Å²) in [4.78, 5) is 3.47. The summed E-state index contributed by atoms with van der Waals surface area (Å²) in [7, 11) is 0. The molecule has 0 aliphatic heterocycles. The number of hydrogen-bond donors (Lipinski definition) is 3. The number of nitrogens with zero attached hydrogens (tertiary/aromatic N) is 2. The fourth-order valence-corrected chi connectivity index (χ4v) is 4.01. The fraction of sp³-hybridized carbons (Fsp3) is 0.0833. The van der Waals surface area contributed by atoms with Gasteiger partial charge in [-0.3, -0.25) is 10.2 Å². The molecule has 0 bridgehead atoms. The Morgan fingerprint density at radius 1 is 1.23 bits per heavy atom. The van der Waals surface area contributed by atoms with Crippen LogP contribution >= 0.6 is 11.3 Å². The lowest BCUT2D eigenvalue weighted by molar-refractivity contribution is 1.06. The molecule has 0 fully saturated rings. The van der Waals surface area contributed by atoms with Gasteiger partial charge in [0.25, 0.3) is 0 Å². The van der Waals surface area contributed by atoms with Crippen LogP contribution in [0, 0.1) is 6.92 Å². The predicted octanol–water partition coefficient (Wildman–Crippen LogP) is 4.41. The molecule has 0 aliphatic rings. The van der Waals surface area contributed by atoms with Crippen LogP contribution in [0.1, 0.15) is 29.3 Å². The molecular weight excluding hydrogens is 390 g/mol. The maximum atomic E-state index is 4.51. The zero-order valence-corrected chi connectivity index (χ0v) is 17.8. The van der Waals surface area contributed by atoms with E-state index in [1.165, 1.54) is 5.56 Å². The topological polar surface area (TPSA) is 73.2 Å². The van der Waals surface area contributed by atoms with Crippen LogP contribution < -0.4 is 10.6 Å². The van der Waals surface area contributed by atoms with Crippen LogP contribution in [0.15, 0.2) is 60.1 Å². The maximum absolute atomic E-state index is 4.51. The van der Waals surface area contributed by atoms with Gasteiger partial charge < -0.3 is 4.98 Å². The van der Waals surface area contributed by atoms with Crippen LogP contribution in [-0.4, -0.2) is 25.4 Å². The number of hydrogen-bond acceptors (Lipinski definition) is 3. The standard InChI is InChI=1S/C24H23N5S/c1-5-6-20(18-9-10-30-14-18)21-11-23(27-17(21)4)24-16(3)22(28-29-24)8-7-15(2)19-12-25-26-13-19/h5-14,27-28H,1,3H2,2,4H3,(H,25,26)/b15-7+,20-6-,22-8+. The van der Waals surface area contributed by atoms with Crippen molar-refractivity contribution in [2.45, 2.75) is 13.8 Å². The number of aryl methyl sites for hydroxylation is 1. The fourth-order valence-electron chi connectivity index (χ4n) is 3.35. The Morgan fingerprint density at radius 3 is 2.80 bits per heavy atom. The summed E-state index contributed by atoms with van der Waals surface area (Å²) in [6, 6.07) is 4.25. The summed E-state index contributed by atoms with van der Waals surface area (Å²) in [6.45, 7) is 12.2. The number of allylic oxidation sites excluding steroid dienone is 4. The van der Waals surface area contributed by atoms with Gasteiger partial charge >= 0.3 is 0 Å². The average Bonchev–Trinajstić information content (AvgIpc) is 3.52. The molecule has 0 saturated heterocycles. The number of H-pyrrole nitrogens is 3. The van der Waals surface area contributed by atoms with Crippen molar-refractivity contribution in [3.63, 3.8) is 0 Å². The maximum Gasteiger partial charge on any atom is 0.116 e. The molecule has 0 atom stereocenters. The highest BCUT2D eigenvalue weighted by atomic mass is 32.1. The normalized spacial score (nSPS) is 13.2. The van der Waals surface area contributed by atoms with Crippen molar-refractivity contribution in [3.05, 3.63) is 93.0 Å². The number of aromatic nitrogens is 5. The number of nitrogens with one attached hydrogen (secondary N) is 3. The van der Waals surface area contributed by atoms with E-state index < -0.39 is 0 Å². The van der Waals surface area contributed by atoms with Crippen LogP contribution in [-0.2, 0) is 0 Å². The first-order valence-electron chi connectivity index (χ1n) is 9.55. The summed E-state index contributed by atoms with van der Waals surface area (Å²) in [5.74, 6) is 0. The second-order valence-corrected chi connectivity index (χ2v) is 7.80. The predicted molar refractivity (Wildman–Crippen MR) is 126 cm³/mol. The summed E-state index contributed by atoms with van der Waals surface area (Å²) >= 11 is 1.68. The van der Waals surface area contributed by atoms with E-state index in [1.54, 1.807) is 17.5 Å². The van der Waals surface area contributed by atoms with Gasteiger partial charge in [-0.1, -0.05) is 31.4 Å². The van der Waals surface area contributed by atoms with Gasteiger partial charge in [-0.25, -0.2) is 0 Å². The van der Waals surface area contributed by atoms with Crippen LogP contribution in [0.25, 0.3) is 35.2 Å². The first kappa shape index (κ1) is 19.7. The second-order valence-electron chi connectivity index (χ2n) is 7.02. The lowest BCUT2D eigenvalue weighted by atomic mass is 10.00. The van der Waals surface area contributed by atoms with Crippen molar-refractivity contribution in [1.29, 1.82) is 0 Å². The Labute approximate surface area is 178 Å². The Morgan fingerprint density at radius 2 is 2.10 bits per heavy atom. The largest absolute Gasteiger partial charge is 0.357 e. The molecule has 30 heavy (non-hydrogen) atoms. The lowest BCUT2D eigenvalue weighted by Gasteiger charge is -2.03. The highest BCUT2D eigenvalue weighted by Crippen LogP contribution is 2.30. The molecule has 0 amide bonds. The number of aromatic amines is 3. The molecule has 0 saturated carbocycles. The minimum atomic E-state index is 0.813. The third kappa shape index (κ3) is 3.77. The lowest BCUT2D eigenvalue weighted by Crippen LogP contribution is -2.21. The minimum Gasteiger partial charge on any atom is -0.357 e. The highest BCUT2D eigenvalue weighted by Gasteiger charge is 2.14. The van der Waals surface area contributed by atoms with Crippen molar-refractivity contribution in [2.75, 3.05) is 0 Å². The first-order valence-corrected chi connectivity index (χ1v) is 10.5. The number of thiophene rings is 1. The smallest absolute Gasteiger partial charge is 0.116 e. The van der Waals surface area contributed by atoms with E-state index in [0.717, 1.165) is 49.9 Å². The van der Waals surface area contributed by atoms with Crippen molar-refractivity contribution in [2.24, 2.45) is 0 Å². The first-order chi connectivity index (χ1) is 14.6. The van der Waals surface area contributed by atoms with Gasteiger partial charge in [0, 0.05) is 28.2 Å². The van der Waals surface area contributed by atoms with Crippen molar-refractivity contribution in [3.8, 4) is 11.4 Å². The number of rotatable bonds is 6. The average molecular weight is 414 g/mol. The van der Waals surface area contributed by atoms with Crippen molar-refractivity contribution < 1.29 is 0 Å². The van der Waals surface area contributed by atoms with Crippen LogP contribution in [0.4, 0.5) is 0 Å². The molecule has 0 aliphatic carbocycles. The molecule has 4 aromatic heterocycles. The van der Waals surface area contributed by atoms with E-state index >= 15 is 0 Å². The van der Waals surface area contributed by atoms with Gasteiger partial charge in [-0.2, -0.15) is 21.5 Å². The monoisotopic (exact) mass is 413 g/mol. The second kappa shape index (κ2) is 8.39. The Hall–Kier alpha value is -3.64. The van der Waals surface area contributed by atoms with Crippen molar-refractivity contribution >= 4 is 35.1 Å². The van der Waals surface area contributed by atoms with Crippen LogP contribution in [0.5, 0.6) is 0 Å². The zero-order valence-electron chi connectivity index (χ0n) is 17.0. The molecule has 0 spiro atoms. The van der Waals surface area contributed by atoms with E-state index in [2.05, 4.69) is 68.4 Å². The summed E-state index contributed by atoms with van der Waals surface area (Å²) < 4.78 is 0. The highest BCUT2D eigenvalue weighted by molar-refractivity contribution is 7.08. The summed E-state index contributed by atoms with van der Waals surface area (Å²) in [6.07, 6.45) is 11.6. The van der Waals surface area contributed by atoms with Gasteiger partial charge in [0.05, 0.1) is 17.2 Å². The van der Waals surface area contributed by atoms with Gasteiger partial charge in [0.2, 0.25) is 0 Å². The third-order valence-corrected chi connectivity index (χ3v) is 5.71. The SMILES string of the molecule is C=C/C=C(/c1ccsc1)c1cc(-c2n[nH]/c(=C/C=C(\C)c3cn[nH]c3)c2=C)[nH]c1C. The van der Waals surface area contributed by atoms with Gasteiger partial charge in [-0.05, 0) is 59.5 Å². The molecule has 0 unspecified atom stereocenters. The zero-order chi connectivity index (χ0) is 21.1. The van der Waals surface area contributed by atoms with E-state index in [-0.39, 0.29) is 0 Å². The molecule has 4 heterocycles. The summed E-state index contributed by atoms with van der Waals surface area (Å²) in [5.41, 5.74) is 8.43.